The fraction of sp³-hybridized carbons (Fsp3) is 0.731. The predicted molar refractivity (Wildman–Crippen MR) is 154 cm³/mol. The number of nitrogens with zero attached hydrogens (tertiary/aromatic N) is 4. The first-order chi connectivity index (χ1) is 18.8. The van der Waals surface area contributed by atoms with Crippen molar-refractivity contribution in [1.29, 1.82) is 0 Å². The summed E-state index contributed by atoms with van der Waals surface area (Å²) in [5.74, 6) is -0.340. The van der Waals surface area contributed by atoms with Crippen molar-refractivity contribution in [3.8, 4) is 5.88 Å². The van der Waals surface area contributed by atoms with E-state index >= 15 is 0 Å². The summed E-state index contributed by atoms with van der Waals surface area (Å²) in [6.45, 7) is 20.7. The number of hydrogen-bond donors (Lipinski definition) is 1. The zero-order valence-corrected chi connectivity index (χ0v) is 27.2. The van der Waals surface area contributed by atoms with Gasteiger partial charge in [0.05, 0.1) is 19.5 Å². The van der Waals surface area contributed by atoms with Gasteiger partial charge >= 0.3 is 17.1 Å². The molecule has 40 heavy (non-hydrogen) atoms. The smallest absolute Gasteiger partial charge is 0.335 e. The largest absolute Gasteiger partial charge is 0.476 e. The summed E-state index contributed by atoms with van der Waals surface area (Å²) < 4.78 is 34.5. The summed E-state index contributed by atoms with van der Waals surface area (Å²) in [5, 5.41) is 2.59. The summed E-state index contributed by atoms with van der Waals surface area (Å²) in [7, 11) is -5.79. The number of rotatable bonds is 8. The Balaban J connectivity index is 1.80. The topological polar surface area (TPSA) is 136 Å². The molecule has 0 unspecified atom stereocenters. The number of Topliss-reactive ketones (excluding diaryl/α,β-unsaturated/α-hetero) is 1. The SMILES string of the molecule is CCOc1nc(NC(C)=O)nc2c1ncn2[C@@H]1O[C@@H]2CO[Si](C(C)C)(C(C)C)O[Si](C(C)C)(C(C)C)O[C@H]2C1=O. The number of amides is 1. The molecule has 12 nitrogen and oxygen atoms in total. The highest BCUT2D eigenvalue weighted by Crippen LogP contribution is 2.48. The highest BCUT2D eigenvalue weighted by Gasteiger charge is 2.61. The number of nitrogens with one attached hydrogen (secondary N) is 1. The fourth-order valence-electron chi connectivity index (χ4n) is 5.73. The Bertz CT molecular complexity index is 1240. The molecule has 2 aromatic rings. The van der Waals surface area contributed by atoms with Crippen LogP contribution in [0.4, 0.5) is 5.95 Å². The molecule has 4 heterocycles. The lowest BCUT2D eigenvalue weighted by Gasteiger charge is -2.50. The molecule has 2 fully saturated rings. The van der Waals surface area contributed by atoms with Crippen LogP contribution >= 0.6 is 0 Å². The van der Waals surface area contributed by atoms with Gasteiger partial charge in [-0.1, -0.05) is 55.4 Å². The molecular formula is C26H43N5O7Si2. The van der Waals surface area contributed by atoms with Gasteiger partial charge in [0.15, 0.2) is 17.4 Å². The lowest BCUT2D eigenvalue weighted by atomic mass is 10.1. The third-order valence-electron chi connectivity index (χ3n) is 7.70. The Kier molecular flexibility index (Phi) is 8.88. The van der Waals surface area contributed by atoms with Crippen molar-refractivity contribution in [3.63, 3.8) is 0 Å². The average molecular weight is 594 g/mol. The third kappa shape index (κ3) is 5.25. The van der Waals surface area contributed by atoms with E-state index in [1.165, 1.54) is 13.3 Å². The molecule has 0 radical (unpaired) electrons. The fourth-order valence-corrected chi connectivity index (χ4v) is 16.9. The standard InChI is InChI=1S/C26H43N5O7Si2/c1-11-34-24-20-23(29-26(30-24)28-18(10)32)31(13-27-20)25-21(33)22-19(36-25)12-35-39(14(2)3,15(4)5)38-40(37-22,16(6)7)17(8)9/h13-17,19,22,25H,11-12H2,1-10H3,(H,28,29,30,32)/t19-,22-,25-/m1/s1. The molecule has 2 aliphatic heterocycles. The zero-order valence-electron chi connectivity index (χ0n) is 25.2. The average Bonchev–Trinajstić information content (AvgIpc) is 3.39. The van der Waals surface area contributed by atoms with Crippen LogP contribution in [-0.4, -0.2) is 73.8 Å². The number of carbonyl (C=O) groups excluding carboxylic acids is 2. The van der Waals surface area contributed by atoms with Gasteiger partial charge in [0.1, 0.15) is 12.2 Å². The summed E-state index contributed by atoms with van der Waals surface area (Å²) in [6, 6.07) is 0. The van der Waals surface area contributed by atoms with Crippen LogP contribution in [-0.2, 0) is 27.3 Å². The van der Waals surface area contributed by atoms with Gasteiger partial charge in [-0.15, -0.1) is 0 Å². The first kappa shape index (κ1) is 30.7. The second-order valence-corrected chi connectivity index (χ2v) is 20.6. The highest BCUT2D eigenvalue weighted by atomic mass is 28.5. The van der Waals surface area contributed by atoms with Crippen LogP contribution in [0.5, 0.6) is 5.88 Å². The van der Waals surface area contributed by atoms with E-state index in [0.29, 0.717) is 17.8 Å². The monoisotopic (exact) mass is 593 g/mol. The summed E-state index contributed by atoms with van der Waals surface area (Å²) in [5.41, 5.74) is 1.14. The maximum Gasteiger partial charge on any atom is 0.335 e. The summed E-state index contributed by atoms with van der Waals surface area (Å²) >= 11 is 0. The molecule has 0 aromatic carbocycles. The third-order valence-corrected chi connectivity index (χ3v) is 17.9. The molecule has 0 aliphatic carbocycles. The van der Waals surface area contributed by atoms with Gasteiger partial charge in [0.2, 0.25) is 23.5 Å². The van der Waals surface area contributed by atoms with Gasteiger partial charge in [-0.25, -0.2) is 4.98 Å². The Labute approximate surface area is 238 Å². The van der Waals surface area contributed by atoms with Crippen molar-refractivity contribution in [2.24, 2.45) is 0 Å². The van der Waals surface area contributed by atoms with Crippen molar-refractivity contribution in [1.82, 2.24) is 19.5 Å². The minimum atomic E-state index is -3.01. The molecule has 1 N–H and O–H groups in total. The van der Waals surface area contributed by atoms with Crippen molar-refractivity contribution in [2.45, 2.75) is 110 Å². The van der Waals surface area contributed by atoms with E-state index in [4.69, 9.17) is 22.4 Å². The molecule has 4 rings (SSSR count). The Morgan fingerprint density at radius 2 is 1.70 bits per heavy atom. The van der Waals surface area contributed by atoms with Crippen molar-refractivity contribution in [2.75, 3.05) is 18.5 Å². The normalized spacial score (nSPS) is 24.6. The van der Waals surface area contributed by atoms with E-state index in [9.17, 15) is 9.59 Å². The molecule has 2 aromatic heterocycles. The number of anilines is 1. The molecule has 222 valence electrons. The van der Waals surface area contributed by atoms with E-state index in [0.717, 1.165) is 0 Å². The van der Waals surface area contributed by atoms with Gasteiger partial charge in [-0.3, -0.25) is 19.5 Å². The van der Waals surface area contributed by atoms with Gasteiger partial charge in [-0.2, -0.15) is 9.97 Å². The number of fused-ring (bicyclic) bond motifs is 2. The molecule has 14 heteroatoms. The zero-order chi connectivity index (χ0) is 29.6. The molecule has 0 saturated carbocycles. The van der Waals surface area contributed by atoms with Crippen LogP contribution in [0.25, 0.3) is 11.2 Å². The van der Waals surface area contributed by atoms with E-state index < -0.39 is 35.6 Å². The Morgan fingerprint density at radius 3 is 2.25 bits per heavy atom. The second-order valence-electron chi connectivity index (χ2n) is 11.7. The number of ether oxygens (including phenoxy) is 2. The summed E-state index contributed by atoms with van der Waals surface area (Å²) in [6.07, 6.45) is -1.07. The van der Waals surface area contributed by atoms with Crippen molar-refractivity contribution in [3.05, 3.63) is 6.33 Å². The molecule has 1 amide bonds. The van der Waals surface area contributed by atoms with Gasteiger partial charge in [-0.05, 0) is 29.1 Å². The molecule has 0 spiro atoms. The number of imidazole rings is 1. The first-order valence-electron chi connectivity index (χ1n) is 14.1. The lowest BCUT2D eigenvalue weighted by molar-refractivity contribution is -0.130. The van der Waals surface area contributed by atoms with E-state index in [-0.39, 0.29) is 52.3 Å². The quantitative estimate of drug-likeness (QED) is 0.432. The van der Waals surface area contributed by atoms with Crippen molar-refractivity contribution >= 4 is 45.9 Å². The molecule has 2 aliphatic rings. The van der Waals surface area contributed by atoms with Gasteiger partial charge < -0.3 is 22.4 Å². The maximum absolute atomic E-state index is 14.1. The van der Waals surface area contributed by atoms with Crippen LogP contribution in [0.1, 0.15) is 75.5 Å². The maximum atomic E-state index is 14.1. The second kappa shape index (κ2) is 11.6. The first-order valence-corrected chi connectivity index (χ1v) is 18.1. The van der Waals surface area contributed by atoms with E-state index in [2.05, 4.69) is 75.7 Å². The molecular weight excluding hydrogens is 550 g/mol. The number of aromatic nitrogens is 4. The van der Waals surface area contributed by atoms with Crippen LogP contribution in [0, 0.1) is 0 Å². The molecule has 0 bridgehead atoms. The van der Waals surface area contributed by atoms with Crippen LogP contribution in [0.2, 0.25) is 22.2 Å². The van der Waals surface area contributed by atoms with Crippen LogP contribution in [0.3, 0.4) is 0 Å². The van der Waals surface area contributed by atoms with E-state index in [1.807, 2.05) is 6.92 Å². The van der Waals surface area contributed by atoms with E-state index in [1.54, 1.807) is 4.57 Å². The van der Waals surface area contributed by atoms with Crippen LogP contribution in [0.15, 0.2) is 6.33 Å². The Morgan fingerprint density at radius 1 is 1.07 bits per heavy atom. The molecule has 3 atom stereocenters. The number of ketones is 1. The predicted octanol–water partition coefficient (Wildman–Crippen LogP) is 4.61. The minimum Gasteiger partial charge on any atom is -0.476 e. The number of carbonyl (C=O) groups is 2. The highest BCUT2D eigenvalue weighted by molar-refractivity contribution is 6.84. The molecule has 2 saturated heterocycles. The summed E-state index contributed by atoms with van der Waals surface area (Å²) in [4.78, 5) is 39.0. The minimum absolute atomic E-state index is 0.0466. The number of hydrogen-bond acceptors (Lipinski definition) is 10. The van der Waals surface area contributed by atoms with Crippen LogP contribution < -0.4 is 10.1 Å². The van der Waals surface area contributed by atoms with Gasteiger partial charge in [0.25, 0.3) is 0 Å². The Hall–Kier alpha value is -2.24. The van der Waals surface area contributed by atoms with Gasteiger partial charge in [0, 0.05) is 6.92 Å². The lowest BCUT2D eigenvalue weighted by Crippen LogP contribution is -2.65. The van der Waals surface area contributed by atoms with Crippen molar-refractivity contribution < 1.29 is 32.0 Å².